The maximum absolute atomic E-state index is 12.3. The first kappa shape index (κ1) is 19.1. The molecule has 0 radical (unpaired) electrons. The highest BCUT2D eigenvalue weighted by molar-refractivity contribution is 7.89. The maximum Gasteiger partial charge on any atom is 0.326 e. The molecular formula is C15H22N2O5S. The van der Waals surface area contributed by atoms with E-state index in [4.69, 9.17) is 5.14 Å². The average molecular weight is 342 g/mol. The van der Waals surface area contributed by atoms with Crippen molar-refractivity contribution in [2.24, 2.45) is 11.1 Å². The zero-order chi connectivity index (χ0) is 17.9. The normalized spacial score (nSPS) is 14.1. The number of hydrogen-bond acceptors (Lipinski definition) is 4. The number of carboxylic acids is 1. The Morgan fingerprint density at radius 1 is 1.30 bits per heavy atom. The van der Waals surface area contributed by atoms with Gasteiger partial charge in [0.2, 0.25) is 10.0 Å². The number of nitrogens with two attached hydrogens (primary N) is 1. The minimum atomic E-state index is -3.97. The molecule has 0 bridgehead atoms. The van der Waals surface area contributed by atoms with E-state index in [-0.39, 0.29) is 16.4 Å². The van der Waals surface area contributed by atoms with Crippen LogP contribution in [0.4, 0.5) is 0 Å². The number of nitrogens with one attached hydrogen (secondary N) is 1. The number of carboxylic acid groups (broad SMARTS) is 1. The molecule has 8 heteroatoms. The van der Waals surface area contributed by atoms with Crippen LogP contribution in [-0.4, -0.2) is 31.4 Å². The number of carbonyl (C=O) groups excluding carboxylic acids is 1. The second kappa shape index (κ2) is 7.10. The summed E-state index contributed by atoms with van der Waals surface area (Å²) in [4.78, 5) is 23.5. The van der Waals surface area contributed by atoms with Crippen molar-refractivity contribution in [3.63, 3.8) is 0 Å². The van der Waals surface area contributed by atoms with Gasteiger partial charge in [-0.2, -0.15) is 0 Å². The van der Waals surface area contributed by atoms with Crippen LogP contribution in [0.2, 0.25) is 0 Å². The number of amides is 1. The molecule has 2 atom stereocenters. The van der Waals surface area contributed by atoms with Crippen molar-refractivity contribution in [3.05, 3.63) is 28.8 Å². The lowest BCUT2D eigenvalue weighted by atomic mass is 9.98. The topological polar surface area (TPSA) is 127 Å². The molecule has 1 aromatic rings. The lowest BCUT2D eigenvalue weighted by Crippen LogP contribution is -2.45. The lowest BCUT2D eigenvalue weighted by Gasteiger charge is -2.20. The van der Waals surface area contributed by atoms with Crippen LogP contribution in [-0.2, 0) is 14.8 Å². The van der Waals surface area contributed by atoms with Gasteiger partial charge in [0.25, 0.3) is 5.91 Å². The van der Waals surface area contributed by atoms with Crippen LogP contribution < -0.4 is 10.5 Å². The zero-order valence-corrected chi connectivity index (χ0v) is 14.4. The number of sulfonamides is 1. The molecule has 0 saturated heterocycles. The molecule has 0 aliphatic heterocycles. The molecular weight excluding hydrogens is 320 g/mol. The van der Waals surface area contributed by atoms with Crippen LogP contribution in [0, 0.1) is 19.8 Å². The molecule has 4 N–H and O–H groups in total. The van der Waals surface area contributed by atoms with Crippen molar-refractivity contribution >= 4 is 21.9 Å². The highest BCUT2D eigenvalue weighted by atomic mass is 32.2. The van der Waals surface area contributed by atoms with Crippen LogP contribution in [0.5, 0.6) is 0 Å². The summed E-state index contributed by atoms with van der Waals surface area (Å²) >= 11 is 0. The van der Waals surface area contributed by atoms with Crippen LogP contribution in [0.3, 0.4) is 0 Å². The van der Waals surface area contributed by atoms with E-state index < -0.39 is 27.9 Å². The van der Waals surface area contributed by atoms with E-state index >= 15 is 0 Å². The highest BCUT2D eigenvalue weighted by Crippen LogP contribution is 2.20. The number of hydrogen-bond donors (Lipinski definition) is 3. The Kier molecular flexibility index (Phi) is 5.90. The van der Waals surface area contributed by atoms with Gasteiger partial charge in [-0.1, -0.05) is 20.3 Å². The monoisotopic (exact) mass is 342 g/mol. The van der Waals surface area contributed by atoms with Crippen LogP contribution in [0.25, 0.3) is 0 Å². The fourth-order valence-corrected chi connectivity index (χ4v) is 3.04. The number of rotatable bonds is 6. The maximum atomic E-state index is 12.3. The summed E-state index contributed by atoms with van der Waals surface area (Å²) in [6.07, 6.45) is 0.576. The predicted molar refractivity (Wildman–Crippen MR) is 85.6 cm³/mol. The summed E-state index contributed by atoms with van der Waals surface area (Å²) in [5.74, 6) is -2.05. The third-order valence-electron chi connectivity index (χ3n) is 3.95. The zero-order valence-electron chi connectivity index (χ0n) is 13.6. The Bertz CT molecular complexity index is 728. The lowest BCUT2D eigenvalue weighted by molar-refractivity contribution is -0.140. The Labute approximate surface area is 135 Å². The van der Waals surface area contributed by atoms with Gasteiger partial charge in [0.05, 0.1) is 4.90 Å². The molecule has 7 nitrogen and oxygen atoms in total. The van der Waals surface area contributed by atoms with Gasteiger partial charge < -0.3 is 10.4 Å². The number of benzene rings is 1. The van der Waals surface area contributed by atoms with E-state index in [0.717, 1.165) is 0 Å². The van der Waals surface area contributed by atoms with Crippen molar-refractivity contribution in [2.45, 2.75) is 45.1 Å². The number of aliphatic carboxylic acids is 1. The SMILES string of the molecule is CCC(C)C(NC(=O)c1cc(C)c(C)c(S(N)(=O)=O)c1)C(=O)O. The second-order valence-electron chi connectivity index (χ2n) is 5.64. The van der Waals surface area contributed by atoms with Gasteiger partial charge in [0, 0.05) is 5.56 Å². The molecule has 0 aliphatic rings. The molecule has 23 heavy (non-hydrogen) atoms. The van der Waals surface area contributed by atoms with Gasteiger partial charge in [-0.05, 0) is 43.0 Å². The van der Waals surface area contributed by atoms with Crippen molar-refractivity contribution in [3.8, 4) is 0 Å². The van der Waals surface area contributed by atoms with Crippen molar-refractivity contribution in [1.82, 2.24) is 5.32 Å². The van der Waals surface area contributed by atoms with E-state index in [0.29, 0.717) is 17.5 Å². The molecule has 2 unspecified atom stereocenters. The van der Waals surface area contributed by atoms with Crippen LogP contribution in [0.1, 0.15) is 41.8 Å². The molecule has 0 saturated carbocycles. The molecule has 0 heterocycles. The molecule has 1 aromatic carbocycles. The molecule has 0 aromatic heterocycles. The first-order valence-corrected chi connectivity index (χ1v) is 8.71. The van der Waals surface area contributed by atoms with E-state index in [1.807, 2.05) is 6.92 Å². The highest BCUT2D eigenvalue weighted by Gasteiger charge is 2.26. The van der Waals surface area contributed by atoms with Crippen LogP contribution >= 0.6 is 0 Å². The summed E-state index contributed by atoms with van der Waals surface area (Å²) < 4.78 is 23.2. The third-order valence-corrected chi connectivity index (χ3v) is 4.99. The summed E-state index contributed by atoms with van der Waals surface area (Å²) in [7, 11) is -3.97. The quantitative estimate of drug-likeness (QED) is 0.715. The Balaban J connectivity index is 3.24. The minimum absolute atomic E-state index is 0.0617. The van der Waals surface area contributed by atoms with Gasteiger partial charge in [-0.3, -0.25) is 4.79 Å². The summed E-state index contributed by atoms with van der Waals surface area (Å²) in [5, 5.41) is 16.8. The van der Waals surface area contributed by atoms with Crippen LogP contribution in [0.15, 0.2) is 17.0 Å². The van der Waals surface area contributed by atoms with Gasteiger partial charge in [-0.15, -0.1) is 0 Å². The Morgan fingerprint density at radius 3 is 2.30 bits per heavy atom. The molecule has 1 rings (SSSR count). The largest absolute Gasteiger partial charge is 0.480 e. The summed E-state index contributed by atoms with van der Waals surface area (Å²) in [6, 6.07) is 1.63. The van der Waals surface area contributed by atoms with Crippen molar-refractivity contribution in [1.29, 1.82) is 0 Å². The standard InChI is InChI=1S/C15H22N2O5S/c1-5-8(2)13(15(19)20)17-14(18)11-6-9(3)10(4)12(7-11)23(16,21)22/h6-8,13H,5H2,1-4H3,(H,17,18)(H,19,20)(H2,16,21,22). The van der Waals surface area contributed by atoms with Crippen molar-refractivity contribution < 1.29 is 23.1 Å². The molecule has 128 valence electrons. The molecule has 0 aliphatic carbocycles. The first-order chi connectivity index (χ1) is 10.5. The first-order valence-electron chi connectivity index (χ1n) is 7.16. The summed E-state index contributed by atoms with van der Waals surface area (Å²) in [6.45, 7) is 6.79. The molecule has 1 amide bonds. The van der Waals surface area contributed by atoms with Gasteiger partial charge in [-0.25, -0.2) is 18.4 Å². The Morgan fingerprint density at radius 2 is 1.87 bits per heavy atom. The van der Waals surface area contributed by atoms with E-state index in [2.05, 4.69) is 5.32 Å². The third kappa shape index (κ3) is 4.52. The second-order valence-corrected chi connectivity index (χ2v) is 7.17. The smallest absolute Gasteiger partial charge is 0.326 e. The van der Waals surface area contributed by atoms with E-state index in [1.165, 1.54) is 12.1 Å². The fraction of sp³-hybridized carbons (Fsp3) is 0.467. The molecule has 0 spiro atoms. The van der Waals surface area contributed by atoms with E-state index in [9.17, 15) is 23.1 Å². The van der Waals surface area contributed by atoms with E-state index in [1.54, 1.807) is 20.8 Å². The fourth-order valence-electron chi connectivity index (χ4n) is 2.16. The van der Waals surface area contributed by atoms with Gasteiger partial charge in [0.15, 0.2) is 0 Å². The number of primary sulfonamides is 1. The van der Waals surface area contributed by atoms with Crippen molar-refractivity contribution in [2.75, 3.05) is 0 Å². The number of aryl methyl sites for hydroxylation is 1. The number of carbonyl (C=O) groups is 2. The predicted octanol–water partition coefficient (Wildman–Crippen LogP) is 1.18. The average Bonchev–Trinajstić information content (AvgIpc) is 2.44. The molecule has 0 fully saturated rings. The van der Waals surface area contributed by atoms with Gasteiger partial charge >= 0.3 is 5.97 Å². The Hall–Kier alpha value is -1.93. The summed E-state index contributed by atoms with van der Waals surface area (Å²) in [5.41, 5.74) is 1.10. The van der Waals surface area contributed by atoms with Gasteiger partial charge in [0.1, 0.15) is 6.04 Å². The minimum Gasteiger partial charge on any atom is -0.480 e.